The van der Waals surface area contributed by atoms with Crippen LogP contribution < -0.4 is 0 Å². The molecule has 8 heteroatoms. The van der Waals surface area contributed by atoms with E-state index in [1.54, 1.807) is 0 Å². The molecule has 330 valence electrons. The lowest BCUT2D eigenvalue weighted by atomic mass is 9.99. The fourth-order valence-corrected chi connectivity index (χ4v) is 7.92. The molecule has 0 aromatic rings. The van der Waals surface area contributed by atoms with Crippen LogP contribution in [0.1, 0.15) is 245 Å². The molecule has 0 aromatic carbocycles. The normalized spacial score (nSPS) is 16.0. The first-order chi connectivity index (χ1) is 27.4. The van der Waals surface area contributed by atoms with Crippen LogP contribution in [0.15, 0.2) is 0 Å². The van der Waals surface area contributed by atoms with Crippen LogP contribution in [-0.4, -0.2) is 72.5 Å². The highest BCUT2D eigenvalue weighted by Gasteiger charge is 2.33. The molecule has 0 radical (unpaired) electrons. The summed E-state index contributed by atoms with van der Waals surface area (Å²) in [5, 5.41) is 10.3. The molecule has 1 aliphatic heterocycles. The van der Waals surface area contributed by atoms with E-state index >= 15 is 0 Å². The van der Waals surface area contributed by atoms with Gasteiger partial charge in [0.15, 0.2) is 0 Å². The fraction of sp³-hybridized carbons (Fsp3) is 0.938. The molecule has 56 heavy (non-hydrogen) atoms. The summed E-state index contributed by atoms with van der Waals surface area (Å²) in [7, 11) is 0. The topological polar surface area (TPSA) is 102 Å². The zero-order valence-electron chi connectivity index (χ0n) is 37.2. The highest BCUT2D eigenvalue weighted by atomic mass is 16.5. The summed E-state index contributed by atoms with van der Waals surface area (Å²) in [6.45, 7) is 9.11. The third kappa shape index (κ3) is 31.3. The Morgan fingerprint density at radius 2 is 0.964 bits per heavy atom. The van der Waals surface area contributed by atoms with Crippen LogP contribution in [0.5, 0.6) is 0 Å². The first kappa shape index (κ1) is 52.3. The van der Waals surface area contributed by atoms with Gasteiger partial charge in [-0.15, -0.1) is 0 Å². The summed E-state index contributed by atoms with van der Waals surface area (Å²) < 4.78 is 17.1. The number of hydrogen-bond donors (Lipinski definition) is 1. The van der Waals surface area contributed by atoms with Crippen LogP contribution in [0.3, 0.4) is 0 Å². The molecule has 1 saturated heterocycles. The molecular weight excluding hydrogens is 703 g/mol. The molecule has 0 spiro atoms. The maximum atomic E-state index is 13.0. The average Bonchev–Trinajstić information content (AvgIpc) is 3.19. The maximum absolute atomic E-state index is 13.0. The Hall–Kier alpha value is -1.67. The van der Waals surface area contributed by atoms with E-state index in [1.165, 1.54) is 109 Å². The molecule has 0 aliphatic carbocycles. The molecule has 8 nitrogen and oxygen atoms in total. The van der Waals surface area contributed by atoms with E-state index < -0.39 is 12.1 Å². The van der Waals surface area contributed by atoms with E-state index in [0.29, 0.717) is 45.4 Å². The Labute approximate surface area is 345 Å². The second-order valence-electron chi connectivity index (χ2n) is 17.0. The van der Waals surface area contributed by atoms with Crippen LogP contribution in [0.2, 0.25) is 0 Å². The largest absolute Gasteiger partial charge is 0.466 e. The summed E-state index contributed by atoms with van der Waals surface area (Å²) >= 11 is 0. The zero-order valence-corrected chi connectivity index (χ0v) is 37.2. The SMILES string of the molecule is CCCCCCCCCCCOC(=O)CCCCCN1CC[C@@H](O)C[C@H]1C(=O)OCCCCCCCC(=O)OC(CCCCCCCC)CCCCCCCC. The minimum Gasteiger partial charge on any atom is -0.466 e. The Balaban J connectivity index is 2.18. The Morgan fingerprint density at radius 3 is 1.50 bits per heavy atom. The highest BCUT2D eigenvalue weighted by Crippen LogP contribution is 2.21. The predicted molar refractivity (Wildman–Crippen MR) is 232 cm³/mol. The maximum Gasteiger partial charge on any atom is 0.323 e. The van der Waals surface area contributed by atoms with Crippen LogP contribution in [0.4, 0.5) is 0 Å². The lowest BCUT2D eigenvalue weighted by molar-refractivity contribution is -0.153. The molecule has 1 heterocycles. The van der Waals surface area contributed by atoms with Gasteiger partial charge in [0.1, 0.15) is 12.1 Å². The van der Waals surface area contributed by atoms with Gasteiger partial charge in [-0.2, -0.15) is 0 Å². The van der Waals surface area contributed by atoms with E-state index in [9.17, 15) is 19.5 Å². The third-order valence-electron chi connectivity index (χ3n) is 11.6. The molecule has 0 bridgehead atoms. The van der Waals surface area contributed by atoms with Crippen LogP contribution in [0, 0.1) is 0 Å². The van der Waals surface area contributed by atoms with Crippen molar-refractivity contribution in [3.05, 3.63) is 0 Å². The number of hydrogen-bond acceptors (Lipinski definition) is 8. The molecule has 1 fully saturated rings. The van der Waals surface area contributed by atoms with Gasteiger partial charge in [-0.05, 0) is 77.2 Å². The molecule has 1 rings (SSSR count). The minimum atomic E-state index is -0.475. The number of rotatable bonds is 40. The van der Waals surface area contributed by atoms with Gasteiger partial charge in [-0.25, -0.2) is 0 Å². The van der Waals surface area contributed by atoms with Crippen molar-refractivity contribution in [3.63, 3.8) is 0 Å². The number of carbonyl (C=O) groups is 3. The molecule has 1 aliphatic rings. The van der Waals surface area contributed by atoms with Gasteiger partial charge in [0, 0.05) is 19.4 Å². The van der Waals surface area contributed by atoms with Crippen molar-refractivity contribution in [2.45, 2.75) is 264 Å². The van der Waals surface area contributed by atoms with Gasteiger partial charge in [-0.3, -0.25) is 19.3 Å². The second-order valence-corrected chi connectivity index (χ2v) is 17.0. The summed E-state index contributed by atoms with van der Waals surface area (Å²) in [5.74, 6) is -0.374. The molecular formula is C48H91NO7. The highest BCUT2D eigenvalue weighted by molar-refractivity contribution is 5.76. The van der Waals surface area contributed by atoms with Crippen LogP contribution in [0.25, 0.3) is 0 Å². The van der Waals surface area contributed by atoms with Crippen molar-refractivity contribution < 1.29 is 33.7 Å². The summed E-state index contributed by atoms with van der Waals surface area (Å²) in [4.78, 5) is 40.1. The summed E-state index contributed by atoms with van der Waals surface area (Å²) in [5.41, 5.74) is 0. The standard InChI is InChI=1S/C48H91NO7/c1-4-7-10-13-16-17-18-23-31-40-54-46(51)35-29-25-30-38-49-39-37-43(50)42-45(49)48(53)55-41-32-24-19-22-28-36-47(52)56-44(33-26-20-14-11-8-5-2)34-27-21-15-12-9-6-3/h43-45,50H,4-42H2,1-3H3/t43-,45+/m1/s1. The molecule has 0 saturated carbocycles. The summed E-state index contributed by atoms with van der Waals surface area (Å²) in [6.07, 6.45) is 37.2. The number of aliphatic hydroxyl groups is 1. The van der Waals surface area contributed by atoms with Gasteiger partial charge < -0.3 is 19.3 Å². The van der Waals surface area contributed by atoms with Crippen molar-refractivity contribution in [3.8, 4) is 0 Å². The number of esters is 3. The van der Waals surface area contributed by atoms with Gasteiger partial charge >= 0.3 is 17.9 Å². The zero-order chi connectivity index (χ0) is 40.7. The van der Waals surface area contributed by atoms with Crippen molar-refractivity contribution in [1.29, 1.82) is 0 Å². The van der Waals surface area contributed by atoms with Crippen molar-refractivity contribution in [2.75, 3.05) is 26.3 Å². The van der Waals surface area contributed by atoms with Gasteiger partial charge in [0.2, 0.25) is 0 Å². The van der Waals surface area contributed by atoms with E-state index in [1.807, 2.05) is 0 Å². The molecule has 0 amide bonds. The number of ether oxygens (including phenoxy) is 3. The van der Waals surface area contributed by atoms with Gasteiger partial charge in [0.05, 0.1) is 19.3 Å². The first-order valence-electron chi connectivity index (χ1n) is 24.3. The third-order valence-corrected chi connectivity index (χ3v) is 11.6. The minimum absolute atomic E-state index is 0.0396. The fourth-order valence-electron chi connectivity index (χ4n) is 7.92. The van der Waals surface area contributed by atoms with E-state index in [0.717, 1.165) is 96.4 Å². The number of piperidine rings is 1. The van der Waals surface area contributed by atoms with Crippen molar-refractivity contribution in [1.82, 2.24) is 4.90 Å². The van der Waals surface area contributed by atoms with Crippen LogP contribution in [-0.2, 0) is 28.6 Å². The number of unbranched alkanes of at least 4 members (excludes halogenated alkanes) is 24. The Morgan fingerprint density at radius 1 is 0.536 bits per heavy atom. The first-order valence-corrected chi connectivity index (χ1v) is 24.3. The quantitative estimate of drug-likeness (QED) is 0.0372. The Kier molecular flexibility index (Phi) is 36.3. The lowest BCUT2D eigenvalue weighted by Crippen LogP contribution is -2.49. The predicted octanol–water partition coefficient (Wildman–Crippen LogP) is 12.7. The number of nitrogens with zero attached hydrogens (tertiary/aromatic N) is 1. The Bertz CT molecular complexity index is 898. The number of carbonyl (C=O) groups excluding carboxylic acids is 3. The lowest BCUT2D eigenvalue weighted by Gasteiger charge is -2.36. The number of likely N-dealkylation sites (tertiary alicyclic amines) is 1. The van der Waals surface area contributed by atoms with Gasteiger partial charge in [-0.1, -0.05) is 162 Å². The van der Waals surface area contributed by atoms with Crippen LogP contribution >= 0.6 is 0 Å². The monoisotopic (exact) mass is 794 g/mol. The number of aliphatic hydroxyl groups excluding tert-OH is 1. The molecule has 0 aromatic heterocycles. The molecule has 0 unspecified atom stereocenters. The van der Waals surface area contributed by atoms with E-state index in [2.05, 4.69) is 25.7 Å². The second kappa shape index (κ2) is 38.8. The van der Waals surface area contributed by atoms with E-state index in [-0.39, 0.29) is 24.0 Å². The molecule has 2 atom stereocenters. The summed E-state index contributed by atoms with van der Waals surface area (Å²) in [6, 6.07) is -0.406. The van der Waals surface area contributed by atoms with Crippen molar-refractivity contribution >= 4 is 17.9 Å². The van der Waals surface area contributed by atoms with E-state index in [4.69, 9.17) is 14.2 Å². The van der Waals surface area contributed by atoms with Crippen molar-refractivity contribution in [2.24, 2.45) is 0 Å². The smallest absolute Gasteiger partial charge is 0.323 e. The van der Waals surface area contributed by atoms with Gasteiger partial charge in [0.25, 0.3) is 0 Å². The average molecular weight is 794 g/mol. The molecule has 1 N–H and O–H groups in total.